The van der Waals surface area contributed by atoms with Crippen molar-refractivity contribution in [3.8, 4) is 0 Å². The molecule has 42 heavy (non-hydrogen) atoms. The number of aromatic nitrogens is 2. The second-order valence-corrected chi connectivity index (χ2v) is 25.0. The van der Waals surface area contributed by atoms with Gasteiger partial charge >= 0.3 is 13.3 Å². The van der Waals surface area contributed by atoms with Gasteiger partial charge in [0.1, 0.15) is 18.0 Å². The van der Waals surface area contributed by atoms with Gasteiger partial charge in [-0.1, -0.05) is 41.5 Å². The molecule has 1 aromatic rings. The van der Waals surface area contributed by atoms with Crippen LogP contribution in [0.5, 0.6) is 0 Å². The molecule has 1 amide bonds. The van der Waals surface area contributed by atoms with Crippen molar-refractivity contribution in [1.29, 1.82) is 0 Å². The van der Waals surface area contributed by atoms with E-state index in [4.69, 9.17) is 22.6 Å². The maximum Gasteiger partial charge on any atom is 0.399 e. The first-order chi connectivity index (χ1) is 19.0. The van der Waals surface area contributed by atoms with Crippen molar-refractivity contribution in [2.45, 2.75) is 123 Å². The summed E-state index contributed by atoms with van der Waals surface area (Å²) in [6.07, 6.45) is -3.14. The van der Waals surface area contributed by atoms with Crippen LogP contribution >= 0.6 is 7.60 Å². The Bertz CT molecular complexity index is 1230. The highest BCUT2D eigenvalue weighted by Crippen LogP contribution is 2.54. The minimum Gasteiger partial charge on any atom is -0.408 e. The van der Waals surface area contributed by atoms with E-state index in [2.05, 4.69) is 64.9 Å². The number of hydrogen-bond donors (Lipinski definition) is 1. The quantitative estimate of drug-likeness (QED) is 0.222. The summed E-state index contributed by atoms with van der Waals surface area (Å²) in [7, 11) is -9.48. The predicted molar refractivity (Wildman–Crippen MR) is 167 cm³/mol. The molecule has 0 spiro atoms. The Labute approximate surface area is 252 Å². The fraction of sp³-hybridized carbons (Fsp3) is 0.778. The zero-order valence-electron chi connectivity index (χ0n) is 27.4. The van der Waals surface area contributed by atoms with Crippen LogP contribution in [0, 0.1) is 0 Å². The van der Waals surface area contributed by atoms with Crippen LogP contribution in [0.3, 0.4) is 0 Å². The number of ether oxygens (including phenoxy) is 1. The van der Waals surface area contributed by atoms with Crippen molar-refractivity contribution in [1.82, 2.24) is 9.55 Å². The molecule has 1 saturated heterocycles. The van der Waals surface area contributed by atoms with Crippen LogP contribution in [0.15, 0.2) is 17.1 Å². The molecule has 0 aliphatic carbocycles. The van der Waals surface area contributed by atoms with Gasteiger partial charge < -0.3 is 28.0 Å². The Kier molecular flexibility index (Phi) is 11.6. The number of amides is 1. The minimum absolute atomic E-state index is 0.0230. The van der Waals surface area contributed by atoms with Gasteiger partial charge in [0.25, 0.3) is 5.52 Å². The third kappa shape index (κ3) is 8.14. The molecule has 0 bridgehead atoms. The number of nitrogens with one attached hydrogen (secondary N) is 1. The number of hydrogen-bond acceptors (Lipinski definition) is 10. The lowest BCUT2D eigenvalue weighted by molar-refractivity contribution is -0.129. The number of nitrogens with zero attached hydrogens (tertiary/aromatic N) is 2. The SMILES string of the molecule is CCOP(=O)(OCC)C(=O)[C@H]1O[C@@H](n2ccc(NC(C)=O)nc2=O)[C@@H](O[Si](C)(C)C(C)(C)C)[C@@H]1O[Si](C)(C)C(C)(C)C. The summed E-state index contributed by atoms with van der Waals surface area (Å²) in [4.78, 5) is 42.9. The molecule has 240 valence electrons. The second kappa shape index (κ2) is 13.2. The van der Waals surface area contributed by atoms with Gasteiger partial charge in [-0.25, -0.2) is 4.79 Å². The summed E-state index contributed by atoms with van der Waals surface area (Å²) in [5.74, 6) is -0.311. The van der Waals surface area contributed by atoms with E-state index in [0.717, 1.165) is 0 Å². The highest BCUT2D eigenvalue weighted by molar-refractivity contribution is 7.72. The van der Waals surface area contributed by atoms with E-state index in [9.17, 15) is 18.9 Å². The maximum atomic E-state index is 14.0. The third-order valence-corrected chi connectivity index (χ3v) is 19.1. The smallest absolute Gasteiger partial charge is 0.399 e. The monoisotopic (exact) mass is 647 g/mol. The predicted octanol–water partition coefficient (Wildman–Crippen LogP) is 5.67. The molecule has 12 nitrogen and oxygen atoms in total. The summed E-state index contributed by atoms with van der Waals surface area (Å²) < 4.78 is 45.9. The highest BCUT2D eigenvalue weighted by Gasteiger charge is 2.59. The molecule has 0 unspecified atom stereocenters. The van der Waals surface area contributed by atoms with Gasteiger partial charge in [0.2, 0.25) is 5.91 Å². The lowest BCUT2D eigenvalue weighted by Gasteiger charge is -2.44. The minimum atomic E-state index is -4.29. The number of carbonyl (C=O) groups excluding carboxylic acids is 2. The normalized spacial score (nSPS) is 22.3. The molecule has 1 N–H and O–H groups in total. The van der Waals surface area contributed by atoms with Gasteiger partial charge in [0.15, 0.2) is 29.0 Å². The van der Waals surface area contributed by atoms with Crippen molar-refractivity contribution in [2.75, 3.05) is 18.5 Å². The van der Waals surface area contributed by atoms with Gasteiger partial charge in [-0.3, -0.25) is 18.7 Å². The van der Waals surface area contributed by atoms with Crippen molar-refractivity contribution in [2.24, 2.45) is 0 Å². The van der Waals surface area contributed by atoms with Crippen LogP contribution in [0.1, 0.15) is 68.5 Å². The Morgan fingerprint density at radius 3 is 1.86 bits per heavy atom. The molecule has 2 heterocycles. The van der Waals surface area contributed by atoms with Crippen LogP contribution in [0.2, 0.25) is 36.3 Å². The summed E-state index contributed by atoms with van der Waals surface area (Å²) in [5.41, 5.74) is -1.62. The topological polar surface area (TPSA) is 144 Å². The van der Waals surface area contributed by atoms with Gasteiger partial charge in [0, 0.05) is 13.1 Å². The van der Waals surface area contributed by atoms with Crippen LogP contribution < -0.4 is 11.0 Å². The standard InChI is InChI=1S/C27H50N3O9PSi2/c1-14-35-40(34,36-15-2)24(32)22-20(38-41(10,11)26(4,5)6)21(39-42(12,13)27(7,8)9)23(37-22)30-17-16-19(28-18(3)31)29-25(30)33/h16-17,20-23H,14-15H2,1-13H3,(H,28,29,31,33)/t20-,21-,22-,23+/m0/s1. The second-order valence-electron chi connectivity index (χ2n) is 13.5. The van der Waals surface area contributed by atoms with Crippen molar-refractivity contribution in [3.63, 3.8) is 0 Å². The fourth-order valence-corrected chi connectivity index (χ4v) is 7.97. The van der Waals surface area contributed by atoms with E-state index in [1.807, 2.05) is 13.1 Å². The van der Waals surface area contributed by atoms with E-state index < -0.39 is 60.0 Å². The van der Waals surface area contributed by atoms with E-state index >= 15 is 0 Å². The fourth-order valence-electron chi connectivity index (χ4n) is 3.87. The molecule has 4 atom stereocenters. The van der Waals surface area contributed by atoms with Gasteiger partial charge in [-0.15, -0.1) is 0 Å². The largest absolute Gasteiger partial charge is 0.408 e. The summed E-state index contributed by atoms with van der Waals surface area (Å²) >= 11 is 0. The first-order valence-electron chi connectivity index (χ1n) is 14.3. The number of anilines is 1. The Morgan fingerprint density at radius 2 is 1.45 bits per heavy atom. The lowest BCUT2D eigenvalue weighted by atomic mass is 10.1. The van der Waals surface area contributed by atoms with Crippen molar-refractivity contribution in [3.05, 3.63) is 22.7 Å². The molecule has 1 aromatic heterocycles. The maximum absolute atomic E-state index is 14.0. The van der Waals surface area contributed by atoms with Gasteiger partial charge in [-0.05, 0) is 56.2 Å². The van der Waals surface area contributed by atoms with Crippen LogP contribution in [-0.2, 0) is 36.8 Å². The Balaban J connectivity index is 2.81. The molecule has 0 aromatic carbocycles. The van der Waals surface area contributed by atoms with Gasteiger partial charge in [0.05, 0.1) is 13.2 Å². The van der Waals surface area contributed by atoms with E-state index in [1.165, 1.54) is 23.8 Å². The molecule has 0 saturated carbocycles. The number of carbonyl (C=O) groups is 2. The average molecular weight is 648 g/mol. The molecule has 1 aliphatic heterocycles. The Morgan fingerprint density at radius 1 is 0.976 bits per heavy atom. The molecule has 15 heteroatoms. The van der Waals surface area contributed by atoms with Crippen molar-refractivity contribution < 1.29 is 36.8 Å². The Hall–Kier alpha value is -1.52. The van der Waals surface area contributed by atoms with E-state index in [1.54, 1.807) is 13.8 Å². The average Bonchev–Trinajstić information content (AvgIpc) is 3.13. The molecular formula is C27H50N3O9PSi2. The van der Waals surface area contributed by atoms with Crippen LogP contribution in [-0.4, -0.2) is 69.1 Å². The van der Waals surface area contributed by atoms with Crippen molar-refractivity contribution >= 4 is 41.5 Å². The first kappa shape index (κ1) is 36.7. The van der Waals surface area contributed by atoms with E-state index in [-0.39, 0.29) is 35.0 Å². The van der Waals surface area contributed by atoms with E-state index in [0.29, 0.717) is 0 Å². The zero-order chi connectivity index (χ0) is 32.5. The molecular weight excluding hydrogens is 597 g/mol. The van der Waals surface area contributed by atoms with Crippen LogP contribution in [0.25, 0.3) is 0 Å². The summed E-state index contributed by atoms with van der Waals surface area (Å²) in [6, 6.07) is 1.46. The first-order valence-corrected chi connectivity index (χ1v) is 21.7. The summed E-state index contributed by atoms with van der Waals surface area (Å²) in [5, 5.41) is 1.99. The summed E-state index contributed by atoms with van der Waals surface area (Å²) in [6.45, 7) is 25.1. The molecule has 1 fully saturated rings. The lowest BCUT2D eigenvalue weighted by Crippen LogP contribution is -2.54. The third-order valence-electron chi connectivity index (χ3n) is 8.18. The molecule has 1 aliphatic rings. The number of rotatable bonds is 12. The molecule has 0 radical (unpaired) electrons. The van der Waals surface area contributed by atoms with Gasteiger partial charge in [-0.2, -0.15) is 4.98 Å². The molecule has 2 rings (SSSR count). The van der Waals surface area contributed by atoms with Crippen LogP contribution in [0.4, 0.5) is 5.82 Å². The highest BCUT2D eigenvalue weighted by atomic mass is 31.2. The zero-order valence-corrected chi connectivity index (χ0v) is 30.3.